The second-order valence-electron chi connectivity index (χ2n) is 6.29. The smallest absolute Gasteiger partial charge is 0.248 e. The highest BCUT2D eigenvalue weighted by atomic mass is 16.2. The number of hydrogen-bond acceptors (Lipinski definition) is 2. The van der Waals surface area contributed by atoms with Gasteiger partial charge in [-0.15, -0.1) is 0 Å². The zero-order chi connectivity index (χ0) is 14.8. The van der Waals surface area contributed by atoms with Crippen LogP contribution in [0.3, 0.4) is 0 Å². The van der Waals surface area contributed by atoms with Crippen molar-refractivity contribution in [1.29, 1.82) is 0 Å². The average Bonchev–Trinajstić information content (AvgIpc) is 2.32. The molecule has 0 aliphatic carbocycles. The van der Waals surface area contributed by atoms with Crippen LogP contribution in [0.15, 0.2) is 0 Å². The quantitative estimate of drug-likeness (QED) is 0.832. The summed E-state index contributed by atoms with van der Waals surface area (Å²) in [6.07, 6.45) is 2.22. The second-order valence-corrected chi connectivity index (χ2v) is 6.29. The maximum absolute atomic E-state index is 12.7. The van der Waals surface area contributed by atoms with Crippen LogP contribution in [-0.4, -0.2) is 34.3 Å². The predicted octanol–water partition coefficient (Wildman–Crippen LogP) is 2.33. The molecular formula is C15H28N2O2. The fourth-order valence-electron chi connectivity index (χ4n) is 2.89. The molecule has 0 bridgehead atoms. The Kier molecular flexibility index (Phi) is 4.99. The topological polar surface area (TPSA) is 49.4 Å². The maximum atomic E-state index is 12.7. The zero-order valence-electron chi connectivity index (χ0n) is 13.1. The molecule has 0 spiro atoms. The summed E-state index contributed by atoms with van der Waals surface area (Å²) >= 11 is 0. The molecule has 4 heteroatoms. The van der Waals surface area contributed by atoms with Gasteiger partial charge in [0.05, 0.1) is 0 Å². The third-order valence-corrected chi connectivity index (χ3v) is 4.13. The fourth-order valence-corrected chi connectivity index (χ4v) is 2.89. The zero-order valence-corrected chi connectivity index (χ0v) is 13.1. The lowest BCUT2D eigenvalue weighted by Crippen LogP contribution is -2.70. The molecule has 19 heavy (non-hydrogen) atoms. The lowest BCUT2D eigenvalue weighted by molar-refractivity contribution is -0.157. The number of nitrogens with one attached hydrogen (secondary N) is 1. The minimum Gasteiger partial charge on any atom is -0.340 e. The van der Waals surface area contributed by atoms with E-state index in [0.717, 1.165) is 6.42 Å². The number of nitrogens with zero attached hydrogens (tertiary/aromatic N) is 1. The lowest BCUT2D eigenvalue weighted by atomic mass is 9.89. The Morgan fingerprint density at radius 2 is 1.84 bits per heavy atom. The van der Waals surface area contributed by atoms with E-state index in [9.17, 15) is 9.59 Å². The van der Waals surface area contributed by atoms with Crippen molar-refractivity contribution in [2.24, 2.45) is 5.92 Å². The van der Waals surface area contributed by atoms with E-state index in [1.807, 2.05) is 25.7 Å². The van der Waals surface area contributed by atoms with Gasteiger partial charge in [0.2, 0.25) is 11.8 Å². The van der Waals surface area contributed by atoms with Gasteiger partial charge in [-0.05, 0) is 39.0 Å². The van der Waals surface area contributed by atoms with Gasteiger partial charge in [0.25, 0.3) is 0 Å². The van der Waals surface area contributed by atoms with Gasteiger partial charge in [-0.2, -0.15) is 0 Å². The van der Waals surface area contributed by atoms with Crippen LogP contribution >= 0.6 is 0 Å². The summed E-state index contributed by atoms with van der Waals surface area (Å²) in [6, 6.07) is -0.213. The van der Waals surface area contributed by atoms with Crippen LogP contribution in [0.4, 0.5) is 0 Å². The molecule has 4 nitrogen and oxygen atoms in total. The van der Waals surface area contributed by atoms with E-state index in [4.69, 9.17) is 0 Å². The Balaban J connectivity index is 3.06. The van der Waals surface area contributed by atoms with E-state index in [-0.39, 0.29) is 23.9 Å². The molecule has 0 aromatic rings. The highest BCUT2D eigenvalue weighted by Crippen LogP contribution is 2.27. The molecule has 0 aromatic heterocycles. The predicted molar refractivity (Wildman–Crippen MR) is 76.7 cm³/mol. The van der Waals surface area contributed by atoms with Gasteiger partial charge >= 0.3 is 0 Å². The Morgan fingerprint density at radius 3 is 2.26 bits per heavy atom. The Labute approximate surface area is 116 Å². The summed E-state index contributed by atoms with van der Waals surface area (Å²) < 4.78 is 0. The first-order chi connectivity index (χ1) is 8.76. The molecule has 1 N–H and O–H groups in total. The molecule has 110 valence electrons. The summed E-state index contributed by atoms with van der Waals surface area (Å²) in [5.74, 6) is 0.565. The van der Waals surface area contributed by atoms with Crippen LogP contribution in [0.2, 0.25) is 0 Å². The SMILES string of the molecule is CCC1C(=O)NC(C)(CC)C(=O)N1C(C)CC(C)C. The number of carbonyl (C=O) groups is 2. The van der Waals surface area contributed by atoms with E-state index >= 15 is 0 Å². The molecule has 1 rings (SSSR count). The molecule has 1 heterocycles. The third-order valence-electron chi connectivity index (χ3n) is 4.13. The van der Waals surface area contributed by atoms with Crippen molar-refractivity contribution in [3.05, 3.63) is 0 Å². The van der Waals surface area contributed by atoms with Crippen LogP contribution in [0.5, 0.6) is 0 Å². The Hall–Kier alpha value is -1.06. The van der Waals surface area contributed by atoms with E-state index in [0.29, 0.717) is 18.8 Å². The molecule has 1 saturated heterocycles. The van der Waals surface area contributed by atoms with Crippen molar-refractivity contribution in [2.45, 2.75) is 78.4 Å². The monoisotopic (exact) mass is 268 g/mol. The maximum Gasteiger partial charge on any atom is 0.248 e. The van der Waals surface area contributed by atoms with Gasteiger partial charge in [0.15, 0.2) is 0 Å². The minimum atomic E-state index is -0.742. The first-order valence-electron chi connectivity index (χ1n) is 7.41. The highest BCUT2D eigenvalue weighted by Gasteiger charge is 2.47. The molecule has 3 atom stereocenters. The summed E-state index contributed by atoms with van der Waals surface area (Å²) in [6.45, 7) is 12.1. The summed E-state index contributed by atoms with van der Waals surface area (Å²) in [5, 5.41) is 2.90. The van der Waals surface area contributed by atoms with Gasteiger partial charge in [0, 0.05) is 6.04 Å². The average molecular weight is 268 g/mol. The molecule has 0 aromatic carbocycles. The van der Waals surface area contributed by atoms with Crippen molar-refractivity contribution in [3.8, 4) is 0 Å². The van der Waals surface area contributed by atoms with Crippen molar-refractivity contribution < 1.29 is 9.59 Å². The normalized spacial score (nSPS) is 29.6. The molecular weight excluding hydrogens is 240 g/mol. The second kappa shape index (κ2) is 5.93. The molecule has 0 radical (unpaired) electrons. The molecule has 1 aliphatic rings. The van der Waals surface area contributed by atoms with Crippen molar-refractivity contribution >= 4 is 11.8 Å². The number of carbonyl (C=O) groups excluding carboxylic acids is 2. The highest BCUT2D eigenvalue weighted by molar-refractivity contribution is 5.99. The van der Waals surface area contributed by atoms with Crippen LogP contribution in [0.25, 0.3) is 0 Å². The Bertz CT molecular complexity index is 354. The standard InChI is InChI=1S/C15H28N2O2/c1-7-12-13(18)16-15(6,8-2)14(19)17(12)11(5)9-10(3)4/h10-12H,7-9H2,1-6H3,(H,16,18). The van der Waals surface area contributed by atoms with E-state index < -0.39 is 5.54 Å². The van der Waals surface area contributed by atoms with Gasteiger partial charge in [-0.3, -0.25) is 9.59 Å². The van der Waals surface area contributed by atoms with Crippen LogP contribution < -0.4 is 5.32 Å². The third kappa shape index (κ3) is 3.10. The lowest BCUT2D eigenvalue weighted by Gasteiger charge is -2.47. The minimum absolute atomic E-state index is 0.0120. The number of hydrogen-bond donors (Lipinski definition) is 1. The van der Waals surface area contributed by atoms with E-state index in [1.54, 1.807) is 0 Å². The van der Waals surface area contributed by atoms with Gasteiger partial charge in [-0.1, -0.05) is 27.7 Å². The van der Waals surface area contributed by atoms with Crippen molar-refractivity contribution in [3.63, 3.8) is 0 Å². The van der Waals surface area contributed by atoms with Gasteiger partial charge < -0.3 is 10.2 Å². The van der Waals surface area contributed by atoms with Crippen LogP contribution in [0, 0.1) is 5.92 Å². The van der Waals surface area contributed by atoms with E-state index in [2.05, 4.69) is 26.1 Å². The largest absolute Gasteiger partial charge is 0.340 e. The molecule has 1 fully saturated rings. The molecule has 2 amide bonds. The van der Waals surface area contributed by atoms with Gasteiger partial charge in [0.1, 0.15) is 11.6 Å². The first-order valence-corrected chi connectivity index (χ1v) is 7.41. The number of piperazine rings is 1. The number of amides is 2. The summed E-state index contributed by atoms with van der Waals surface area (Å²) in [4.78, 5) is 26.8. The van der Waals surface area contributed by atoms with Crippen LogP contribution in [-0.2, 0) is 9.59 Å². The fraction of sp³-hybridized carbons (Fsp3) is 0.867. The molecule has 0 saturated carbocycles. The van der Waals surface area contributed by atoms with E-state index in [1.165, 1.54) is 0 Å². The first kappa shape index (κ1) is 16.0. The summed E-state index contributed by atoms with van der Waals surface area (Å²) in [7, 11) is 0. The molecule has 1 aliphatic heterocycles. The van der Waals surface area contributed by atoms with Crippen molar-refractivity contribution in [2.75, 3.05) is 0 Å². The van der Waals surface area contributed by atoms with Crippen LogP contribution in [0.1, 0.15) is 60.8 Å². The molecule has 3 unspecified atom stereocenters. The summed E-state index contributed by atoms with van der Waals surface area (Å²) in [5.41, 5.74) is -0.742. The van der Waals surface area contributed by atoms with Gasteiger partial charge in [-0.25, -0.2) is 0 Å². The van der Waals surface area contributed by atoms with Crippen molar-refractivity contribution in [1.82, 2.24) is 10.2 Å². The Morgan fingerprint density at radius 1 is 1.26 bits per heavy atom. The number of rotatable bonds is 5.